The number of hydrogen-bond acceptors (Lipinski definition) is 3. The molecule has 2 N–H and O–H groups in total. The van der Waals surface area contributed by atoms with Gasteiger partial charge in [0.05, 0.1) is 6.54 Å². The highest BCUT2D eigenvalue weighted by atomic mass is 16.2. The molecule has 0 aromatic carbocycles. The second-order valence-corrected chi connectivity index (χ2v) is 7.90. The van der Waals surface area contributed by atoms with Crippen LogP contribution in [0.15, 0.2) is 0 Å². The molecule has 1 saturated carbocycles. The number of carbonyl (C=O) groups is 3. The molecule has 3 rings (SSSR count). The van der Waals surface area contributed by atoms with Crippen molar-refractivity contribution in [2.24, 2.45) is 5.92 Å². The van der Waals surface area contributed by atoms with Gasteiger partial charge in [-0.05, 0) is 26.2 Å². The molecule has 3 fully saturated rings. The lowest BCUT2D eigenvalue weighted by Crippen LogP contribution is -2.70. The van der Waals surface area contributed by atoms with Gasteiger partial charge >= 0.3 is 6.03 Å². The number of piperazine rings is 2. The first-order valence-corrected chi connectivity index (χ1v) is 9.62. The lowest BCUT2D eigenvalue weighted by Gasteiger charge is -2.45. The van der Waals surface area contributed by atoms with Crippen LogP contribution >= 0.6 is 0 Å². The molecule has 0 bridgehead atoms. The summed E-state index contributed by atoms with van der Waals surface area (Å²) in [6.07, 6.45) is 6.81. The van der Waals surface area contributed by atoms with Crippen LogP contribution in [0.2, 0.25) is 0 Å². The van der Waals surface area contributed by atoms with Crippen molar-refractivity contribution in [1.29, 1.82) is 0 Å². The highest BCUT2D eigenvalue weighted by Gasteiger charge is 2.44. The molecule has 7 nitrogen and oxygen atoms in total. The molecule has 2 saturated heterocycles. The average molecular weight is 350 g/mol. The van der Waals surface area contributed by atoms with Crippen LogP contribution in [0.5, 0.6) is 0 Å². The number of carbonyl (C=O) groups excluding carboxylic acids is 3. The van der Waals surface area contributed by atoms with Crippen LogP contribution in [-0.2, 0) is 9.59 Å². The number of hydrogen-bond donors (Lipinski definition) is 2. The van der Waals surface area contributed by atoms with Crippen LogP contribution < -0.4 is 10.6 Å². The molecule has 140 valence electrons. The molecule has 2 aliphatic heterocycles. The average Bonchev–Trinajstić information content (AvgIpc) is 2.59. The summed E-state index contributed by atoms with van der Waals surface area (Å²) in [4.78, 5) is 40.9. The molecular weight excluding hydrogens is 320 g/mol. The van der Waals surface area contributed by atoms with Crippen molar-refractivity contribution in [1.82, 2.24) is 20.4 Å². The van der Waals surface area contributed by atoms with Gasteiger partial charge in [-0.2, -0.15) is 0 Å². The fourth-order valence-electron chi connectivity index (χ4n) is 4.24. The third-order valence-electron chi connectivity index (χ3n) is 5.57. The summed E-state index contributed by atoms with van der Waals surface area (Å²) < 4.78 is 0. The Balaban J connectivity index is 1.60. The molecule has 25 heavy (non-hydrogen) atoms. The Morgan fingerprint density at radius 2 is 1.92 bits per heavy atom. The molecule has 0 radical (unpaired) electrons. The number of rotatable bonds is 3. The van der Waals surface area contributed by atoms with E-state index in [4.69, 9.17) is 0 Å². The summed E-state index contributed by atoms with van der Waals surface area (Å²) >= 11 is 0. The Bertz CT molecular complexity index is 530. The Hall–Kier alpha value is -1.79. The lowest BCUT2D eigenvalue weighted by molar-refractivity contribution is -0.152. The van der Waals surface area contributed by atoms with Gasteiger partial charge in [0.25, 0.3) is 0 Å². The van der Waals surface area contributed by atoms with E-state index in [9.17, 15) is 14.4 Å². The maximum atomic E-state index is 12.8. The van der Waals surface area contributed by atoms with Crippen molar-refractivity contribution in [2.75, 3.05) is 19.6 Å². The Kier molecular flexibility index (Phi) is 5.49. The molecule has 0 unspecified atom stereocenters. The quantitative estimate of drug-likeness (QED) is 0.799. The molecule has 0 aromatic rings. The summed E-state index contributed by atoms with van der Waals surface area (Å²) in [6, 6.07) is -1.06. The molecule has 0 spiro atoms. The second-order valence-electron chi connectivity index (χ2n) is 7.90. The van der Waals surface area contributed by atoms with Gasteiger partial charge < -0.3 is 20.4 Å². The number of fused-ring (bicyclic) bond motifs is 1. The van der Waals surface area contributed by atoms with E-state index >= 15 is 0 Å². The molecule has 7 heteroatoms. The normalized spacial score (nSPS) is 28.0. The minimum absolute atomic E-state index is 0.0269. The highest BCUT2D eigenvalue weighted by molar-refractivity contribution is 5.97. The Morgan fingerprint density at radius 3 is 2.60 bits per heavy atom. The van der Waals surface area contributed by atoms with Crippen molar-refractivity contribution in [3.8, 4) is 0 Å². The molecular formula is C18H30N4O3. The SMILES string of the molecule is CC(C)NC(=O)N1CCN2C(=O)[C@H](CC3CCCCC3)NC(=O)[C@@H]2C1. The summed E-state index contributed by atoms with van der Waals surface area (Å²) in [5.41, 5.74) is 0. The standard InChI is InChI=1S/C18H30N4O3/c1-12(2)19-18(25)21-8-9-22-15(11-21)16(23)20-14(17(22)24)10-13-6-4-3-5-7-13/h12-15H,3-11H2,1-2H3,(H,19,25)(H,20,23)/t14-,15-/m0/s1. The third-order valence-corrected chi connectivity index (χ3v) is 5.57. The number of nitrogens with zero attached hydrogens (tertiary/aromatic N) is 2. The van der Waals surface area contributed by atoms with Crippen LogP contribution in [0.4, 0.5) is 4.79 Å². The topological polar surface area (TPSA) is 81.8 Å². The van der Waals surface area contributed by atoms with E-state index in [0.29, 0.717) is 19.0 Å². The number of urea groups is 1. The number of nitrogens with one attached hydrogen (secondary N) is 2. The van der Waals surface area contributed by atoms with Gasteiger partial charge in [-0.3, -0.25) is 9.59 Å². The minimum atomic E-state index is -0.554. The predicted octanol–water partition coefficient (Wildman–Crippen LogP) is 1.09. The Labute approximate surface area is 149 Å². The zero-order valence-corrected chi connectivity index (χ0v) is 15.3. The van der Waals surface area contributed by atoms with E-state index in [2.05, 4.69) is 10.6 Å². The number of amides is 4. The van der Waals surface area contributed by atoms with Gasteiger partial charge in [0.1, 0.15) is 12.1 Å². The van der Waals surface area contributed by atoms with Crippen LogP contribution in [0.1, 0.15) is 52.4 Å². The maximum Gasteiger partial charge on any atom is 0.317 e. The van der Waals surface area contributed by atoms with Gasteiger partial charge in [-0.1, -0.05) is 32.1 Å². The van der Waals surface area contributed by atoms with Gasteiger partial charge in [0.15, 0.2) is 0 Å². The predicted molar refractivity (Wildman–Crippen MR) is 93.9 cm³/mol. The van der Waals surface area contributed by atoms with Crippen molar-refractivity contribution >= 4 is 17.8 Å². The summed E-state index contributed by atoms with van der Waals surface area (Å²) in [5.74, 6) is 0.444. The zero-order valence-electron chi connectivity index (χ0n) is 15.3. The van der Waals surface area contributed by atoms with Gasteiger partial charge in [-0.25, -0.2) is 4.79 Å². The van der Waals surface area contributed by atoms with Crippen molar-refractivity contribution in [3.05, 3.63) is 0 Å². The molecule has 4 amide bonds. The van der Waals surface area contributed by atoms with Crippen LogP contribution in [-0.4, -0.2) is 65.4 Å². The van der Waals surface area contributed by atoms with Gasteiger partial charge in [-0.15, -0.1) is 0 Å². The van der Waals surface area contributed by atoms with Crippen LogP contribution in [0.3, 0.4) is 0 Å². The van der Waals surface area contributed by atoms with E-state index in [0.717, 1.165) is 19.3 Å². The first kappa shape index (κ1) is 18.0. The van der Waals surface area contributed by atoms with E-state index in [-0.39, 0.29) is 36.5 Å². The summed E-state index contributed by atoms with van der Waals surface area (Å²) in [5, 5.41) is 5.77. The van der Waals surface area contributed by atoms with Crippen molar-refractivity contribution in [3.63, 3.8) is 0 Å². The van der Waals surface area contributed by atoms with Crippen LogP contribution in [0, 0.1) is 5.92 Å². The molecule has 2 atom stereocenters. The maximum absolute atomic E-state index is 12.8. The smallest absolute Gasteiger partial charge is 0.317 e. The molecule has 0 aromatic heterocycles. The van der Waals surface area contributed by atoms with E-state index in [1.54, 1.807) is 9.80 Å². The fourth-order valence-corrected chi connectivity index (χ4v) is 4.24. The van der Waals surface area contributed by atoms with Gasteiger partial charge in [0, 0.05) is 19.1 Å². The highest BCUT2D eigenvalue weighted by Crippen LogP contribution is 2.29. The van der Waals surface area contributed by atoms with Crippen molar-refractivity contribution in [2.45, 2.75) is 70.5 Å². The molecule has 3 aliphatic rings. The van der Waals surface area contributed by atoms with Crippen molar-refractivity contribution < 1.29 is 14.4 Å². The second kappa shape index (κ2) is 7.62. The van der Waals surface area contributed by atoms with E-state index in [1.165, 1.54) is 19.3 Å². The molecule has 1 aliphatic carbocycles. The minimum Gasteiger partial charge on any atom is -0.342 e. The largest absolute Gasteiger partial charge is 0.342 e. The first-order valence-electron chi connectivity index (χ1n) is 9.62. The van der Waals surface area contributed by atoms with E-state index in [1.807, 2.05) is 13.8 Å². The third kappa shape index (κ3) is 4.07. The van der Waals surface area contributed by atoms with Crippen LogP contribution in [0.25, 0.3) is 0 Å². The Morgan fingerprint density at radius 1 is 1.20 bits per heavy atom. The van der Waals surface area contributed by atoms with Gasteiger partial charge in [0.2, 0.25) is 11.8 Å². The monoisotopic (exact) mass is 350 g/mol. The lowest BCUT2D eigenvalue weighted by atomic mass is 9.84. The first-order chi connectivity index (χ1) is 12.0. The fraction of sp³-hybridized carbons (Fsp3) is 0.833. The summed E-state index contributed by atoms with van der Waals surface area (Å²) in [7, 11) is 0. The molecule has 2 heterocycles. The zero-order chi connectivity index (χ0) is 18.0. The van der Waals surface area contributed by atoms with E-state index < -0.39 is 6.04 Å². The summed E-state index contributed by atoms with van der Waals surface area (Å²) in [6.45, 7) is 4.99.